The van der Waals surface area contributed by atoms with Crippen LogP contribution >= 0.6 is 0 Å². The van der Waals surface area contributed by atoms with Crippen molar-refractivity contribution >= 4 is 11.9 Å². The van der Waals surface area contributed by atoms with Gasteiger partial charge in [0, 0.05) is 12.5 Å². The summed E-state index contributed by atoms with van der Waals surface area (Å²) >= 11 is 0. The van der Waals surface area contributed by atoms with Gasteiger partial charge in [-0.25, -0.2) is 4.79 Å². The fourth-order valence-corrected chi connectivity index (χ4v) is 4.25. The maximum Gasteiger partial charge on any atom is 0.337 e. The molecule has 1 aromatic carbocycles. The average molecular weight is 404 g/mol. The van der Waals surface area contributed by atoms with Crippen molar-refractivity contribution in [2.45, 2.75) is 77.9 Å². The molecule has 2 rings (SSSR count). The Hall–Kier alpha value is -1.88. The lowest BCUT2D eigenvalue weighted by Crippen LogP contribution is -2.49. The van der Waals surface area contributed by atoms with Crippen LogP contribution in [0.25, 0.3) is 0 Å². The number of aliphatic hydroxyl groups is 1. The first-order valence-corrected chi connectivity index (χ1v) is 11.1. The first-order valence-electron chi connectivity index (χ1n) is 11.1. The summed E-state index contributed by atoms with van der Waals surface area (Å²) in [6.45, 7) is 6.72. The van der Waals surface area contributed by atoms with E-state index < -0.39 is 18.1 Å². The minimum absolute atomic E-state index is 0.0679. The van der Waals surface area contributed by atoms with Gasteiger partial charge in [-0.3, -0.25) is 4.79 Å². The summed E-state index contributed by atoms with van der Waals surface area (Å²) in [7, 11) is 0. The molecule has 5 nitrogen and oxygen atoms in total. The number of esters is 1. The van der Waals surface area contributed by atoms with Gasteiger partial charge in [-0.1, -0.05) is 57.0 Å². The van der Waals surface area contributed by atoms with Crippen molar-refractivity contribution in [3.05, 3.63) is 35.9 Å². The minimum atomic E-state index is -1.25. The molecule has 1 aromatic rings. The number of likely N-dealkylation sites (tertiary alicyclic amines) is 1. The van der Waals surface area contributed by atoms with E-state index in [2.05, 4.69) is 38.1 Å². The van der Waals surface area contributed by atoms with Crippen molar-refractivity contribution in [2.24, 2.45) is 11.8 Å². The van der Waals surface area contributed by atoms with Crippen LogP contribution in [0.3, 0.4) is 0 Å². The van der Waals surface area contributed by atoms with Gasteiger partial charge in [0.25, 0.3) is 0 Å². The van der Waals surface area contributed by atoms with Gasteiger partial charge in [0.15, 0.2) is 6.10 Å². The summed E-state index contributed by atoms with van der Waals surface area (Å²) < 4.78 is 4.95. The summed E-state index contributed by atoms with van der Waals surface area (Å²) in [5.74, 6) is -0.382. The Morgan fingerprint density at radius 1 is 1.17 bits per heavy atom. The standard InChI is InChI=1S/C24H37NO4/c1-4-29-24(28)22(26)21-16-11-17-25(21)23(27)20(18(2)3)15-10-6-9-14-19-12-7-5-8-13-19/h5,7-8,12-13,18,20-22,26H,4,6,9-11,14-17H2,1-3H3/t20?,21-,22?/m0/s1. The van der Waals surface area contributed by atoms with E-state index in [4.69, 9.17) is 4.74 Å². The molecule has 1 fully saturated rings. The minimum Gasteiger partial charge on any atom is -0.464 e. The molecule has 29 heavy (non-hydrogen) atoms. The van der Waals surface area contributed by atoms with Gasteiger partial charge in [0.1, 0.15) is 0 Å². The number of rotatable bonds is 11. The van der Waals surface area contributed by atoms with Crippen molar-refractivity contribution < 1.29 is 19.4 Å². The number of hydrogen-bond acceptors (Lipinski definition) is 4. The number of nitrogens with zero attached hydrogens (tertiary/aromatic N) is 1. The predicted molar refractivity (Wildman–Crippen MR) is 114 cm³/mol. The van der Waals surface area contributed by atoms with Crippen LogP contribution in [0.5, 0.6) is 0 Å². The highest BCUT2D eigenvalue weighted by atomic mass is 16.5. The number of aliphatic hydroxyl groups excluding tert-OH is 1. The van der Waals surface area contributed by atoms with Gasteiger partial charge >= 0.3 is 5.97 Å². The molecule has 0 radical (unpaired) electrons. The molecule has 0 aromatic heterocycles. The van der Waals surface area contributed by atoms with Gasteiger partial charge < -0.3 is 14.7 Å². The second-order valence-corrected chi connectivity index (χ2v) is 8.37. The molecule has 0 saturated carbocycles. The second kappa shape index (κ2) is 12.0. The summed E-state index contributed by atoms with van der Waals surface area (Å²) in [6.07, 6.45) is 5.37. The fourth-order valence-electron chi connectivity index (χ4n) is 4.25. The van der Waals surface area contributed by atoms with E-state index in [-0.39, 0.29) is 24.3 Å². The Balaban J connectivity index is 1.86. The number of benzene rings is 1. The molecule has 1 N–H and O–H groups in total. The van der Waals surface area contributed by atoms with Crippen molar-refractivity contribution in [3.63, 3.8) is 0 Å². The Kier molecular flexibility index (Phi) is 9.65. The molecule has 1 amide bonds. The molecule has 1 aliphatic heterocycles. The van der Waals surface area contributed by atoms with Gasteiger partial charge in [-0.15, -0.1) is 0 Å². The van der Waals surface area contributed by atoms with Crippen LogP contribution < -0.4 is 0 Å². The number of carbonyl (C=O) groups is 2. The second-order valence-electron chi connectivity index (χ2n) is 8.37. The topological polar surface area (TPSA) is 66.8 Å². The van der Waals surface area contributed by atoms with Crippen LogP contribution in [0.4, 0.5) is 0 Å². The number of aryl methyl sites for hydroxylation is 1. The molecule has 2 unspecified atom stereocenters. The Morgan fingerprint density at radius 3 is 2.55 bits per heavy atom. The number of carbonyl (C=O) groups excluding carboxylic acids is 2. The Morgan fingerprint density at radius 2 is 1.90 bits per heavy atom. The van der Waals surface area contributed by atoms with Crippen LogP contribution in [-0.2, 0) is 20.7 Å². The fraction of sp³-hybridized carbons (Fsp3) is 0.667. The molecule has 5 heteroatoms. The highest BCUT2D eigenvalue weighted by molar-refractivity contribution is 5.82. The largest absolute Gasteiger partial charge is 0.464 e. The van der Waals surface area contributed by atoms with E-state index >= 15 is 0 Å². The van der Waals surface area contributed by atoms with Crippen LogP contribution in [0, 0.1) is 11.8 Å². The quantitative estimate of drug-likeness (QED) is 0.448. The molecule has 1 aliphatic rings. The summed E-state index contributed by atoms with van der Waals surface area (Å²) in [4.78, 5) is 26.9. The monoisotopic (exact) mass is 403 g/mol. The highest BCUT2D eigenvalue weighted by Crippen LogP contribution is 2.28. The SMILES string of the molecule is CCOC(=O)C(O)[C@@H]1CCCN1C(=O)C(CCCCCc1ccccc1)C(C)C. The maximum absolute atomic E-state index is 13.2. The zero-order valence-corrected chi connectivity index (χ0v) is 18.2. The van der Waals surface area contributed by atoms with Crippen LogP contribution in [0.15, 0.2) is 30.3 Å². The van der Waals surface area contributed by atoms with Crippen molar-refractivity contribution in [3.8, 4) is 0 Å². The molecule has 0 aliphatic carbocycles. The smallest absolute Gasteiger partial charge is 0.337 e. The molecular formula is C24H37NO4. The van der Waals surface area contributed by atoms with Crippen LogP contribution in [0.1, 0.15) is 64.9 Å². The van der Waals surface area contributed by atoms with Gasteiger partial charge in [-0.2, -0.15) is 0 Å². The van der Waals surface area contributed by atoms with E-state index in [1.807, 2.05) is 6.07 Å². The molecule has 1 saturated heterocycles. The summed E-state index contributed by atoms with van der Waals surface area (Å²) in [5.41, 5.74) is 1.36. The maximum atomic E-state index is 13.2. The molecule has 1 heterocycles. The van der Waals surface area contributed by atoms with E-state index in [0.29, 0.717) is 13.0 Å². The lowest BCUT2D eigenvalue weighted by atomic mass is 9.88. The number of ether oxygens (including phenoxy) is 1. The van der Waals surface area contributed by atoms with Gasteiger partial charge in [0.05, 0.1) is 12.6 Å². The third-order valence-electron chi connectivity index (χ3n) is 5.92. The number of amides is 1. The predicted octanol–water partition coefficient (Wildman–Crippen LogP) is 3.98. The van der Waals surface area contributed by atoms with Crippen molar-refractivity contribution in [2.75, 3.05) is 13.2 Å². The number of unbranched alkanes of at least 4 members (excludes halogenated alkanes) is 2. The Labute approximate surface area is 175 Å². The third kappa shape index (κ3) is 6.84. The van der Waals surface area contributed by atoms with Crippen LogP contribution in [-0.4, -0.2) is 47.2 Å². The molecule has 0 spiro atoms. The van der Waals surface area contributed by atoms with E-state index in [0.717, 1.165) is 38.5 Å². The molecular weight excluding hydrogens is 366 g/mol. The third-order valence-corrected chi connectivity index (χ3v) is 5.92. The lowest BCUT2D eigenvalue weighted by molar-refractivity contribution is -0.158. The molecule has 0 bridgehead atoms. The van der Waals surface area contributed by atoms with E-state index in [1.165, 1.54) is 5.56 Å². The van der Waals surface area contributed by atoms with Crippen LogP contribution in [0.2, 0.25) is 0 Å². The normalized spacial score (nSPS) is 18.7. The highest BCUT2D eigenvalue weighted by Gasteiger charge is 2.40. The zero-order chi connectivity index (χ0) is 21.2. The Bertz CT molecular complexity index is 631. The first-order chi connectivity index (χ1) is 14.0. The molecule has 3 atom stereocenters. The summed E-state index contributed by atoms with van der Waals surface area (Å²) in [5, 5.41) is 10.4. The van der Waals surface area contributed by atoms with E-state index in [9.17, 15) is 14.7 Å². The first kappa shape index (κ1) is 23.4. The zero-order valence-electron chi connectivity index (χ0n) is 18.2. The summed E-state index contributed by atoms with van der Waals surface area (Å²) in [6, 6.07) is 10.0. The average Bonchev–Trinajstić information content (AvgIpc) is 3.20. The van der Waals surface area contributed by atoms with Crippen molar-refractivity contribution in [1.29, 1.82) is 0 Å². The van der Waals surface area contributed by atoms with Crippen molar-refractivity contribution in [1.82, 2.24) is 4.90 Å². The molecule has 162 valence electrons. The van der Waals surface area contributed by atoms with Gasteiger partial charge in [0.2, 0.25) is 5.91 Å². The van der Waals surface area contributed by atoms with Gasteiger partial charge in [-0.05, 0) is 50.5 Å². The van der Waals surface area contributed by atoms with E-state index in [1.54, 1.807) is 11.8 Å². The lowest BCUT2D eigenvalue weighted by Gasteiger charge is -2.32. The number of hydrogen-bond donors (Lipinski definition) is 1.